The Labute approximate surface area is 187 Å². The van der Waals surface area contributed by atoms with E-state index in [0.29, 0.717) is 18.8 Å². The van der Waals surface area contributed by atoms with Crippen molar-refractivity contribution in [3.05, 3.63) is 83.3 Å². The van der Waals surface area contributed by atoms with Crippen molar-refractivity contribution < 1.29 is 9.53 Å². The third kappa shape index (κ3) is 3.78. The number of H-pyrrole nitrogens is 1. The van der Waals surface area contributed by atoms with Gasteiger partial charge in [-0.3, -0.25) is 4.79 Å². The van der Waals surface area contributed by atoms with Crippen LogP contribution in [0.15, 0.2) is 61.1 Å². The lowest BCUT2D eigenvalue weighted by Gasteiger charge is -2.27. The van der Waals surface area contributed by atoms with Gasteiger partial charge < -0.3 is 15.0 Å². The predicted octanol–water partition coefficient (Wildman–Crippen LogP) is 4.92. The summed E-state index contributed by atoms with van der Waals surface area (Å²) in [6, 6.07) is 15.8. The standard InChI is InChI=1S/C26H26N4O2/c1-26(2,3)19-7-4-16(5-8-19)25(31)30-22-14-32-13-18-12-17(6-9-20(18)22)23-21-10-11-27-24(21)29-15-28-23/h4-12,15,22H,13-14H2,1-3H3,(H,30,31)(H,27,28,29). The van der Waals surface area contributed by atoms with E-state index >= 15 is 0 Å². The van der Waals surface area contributed by atoms with Crippen LogP contribution in [0.25, 0.3) is 22.3 Å². The molecule has 2 aromatic carbocycles. The molecule has 0 spiro atoms. The Kier molecular flexibility index (Phi) is 5.02. The Morgan fingerprint density at radius 2 is 1.91 bits per heavy atom. The number of hydrogen-bond acceptors (Lipinski definition) is 4. The highest BCUT2D eigenvalue weighted by Crippen LogP contribution is 2.31. The van der Waals surface area contributed by atoms with Gasteiger partial charge in [0.05, 0.1) is 24.9 Å². The molecule has 1 amide bonds. The maximum absolute atomic E-state index is 12.9. The van der Waals surface area contributed by atoms with E-state index in [2.05, 4.69) is 59.2 Å². The second kappa shape index (κ2) is 7.88. The van der Waals surface area contributed by atoms with Crippen LogP contribution in [0.5, 0.6) is 0 Å². The molecule has 0 saturated carbocycles. The first-order valence-corrected chi connectivity index (χ1v) is 10.8. The van der Waals surface area contributed by atoms with Gasteiger partial charge in [-0.25, -0.2) is 9.97 Å². The highest BCUT2D eigenvalue weighted by atomic mass is 16.5. The van der Waals surface area contributed by atoms with Gasteiger partial charge in [0.15, 0.2) is 0 Å². The van der Waals surface area contributed by atoms with E-state index in [1.54, 1.807) is 6.33 Å². The molecule has 6 nitrogen and oxygen atoms in total. The number of ether oxygens (including phenoxy) is 1. The molecule has 5 rings (SSSR count). The fourth-order valence-electron chi connectivity index (χ4n) is 4.18. The van der Waals surface area contributed by atoms with Gasteiger partial charge in [0, 0.05) is 22.7 Å². The highest BCUT2D eigenvalue weighted by Gasteiger charge is 2.24. The van der Waals surface area contributed by atoms with Crippen LogP contribution in [0, 0.1) is 0 Å². The summed E-state index contributed by atoms with van der Waals surface area (Å²) in [6.45, 7) is 7.45. The minimum atomic E-state index is -0.194. The molecule has 0 bridgehead atoms. The molecule has 3 heterocycles. The fraction of sp³-hybridized carbons (Fsp3) is 0.269. The number of aromatic amines is 1. The van der Waals surface area contributed by atoms with E-state index in [4.69, 9.17) is 4.74 Å². The minimum Gasteiger partial charge on any atom is -0.374 e. The number of hydrogen-bond donors (Lipinski definition) is 2. The molecule has 2 aromatic heterocycles. The zero-order chi connectivity index (χ0) is 22.3. The first-order valence-electron chi connectivity index (χ1n) is 10.8. The molecule has 0 saturated heterocycles. The molecule has 2 N–H and O–H groups in total. The van der Waals surface area contributed by atoms with Crippen LogP contribution in [0.1, 0.15) is 53.9 Å². The minimum absolute atomic E-state index is 0.0541. The molecular formula is C26H26N4O2. The zero-order valence-corrected chi connectivity index (χ0v) is 18.5. The number of benzene rings is 2. The summed E-state index contributed by atoms with van der Waals surface area (Å²) in [5.74, 6) is -0.0965. The van der Waals surface area contributed by atoms with Crippen LogP contribution in [0.4, 0.5) is 0 Å². The first-order chi connectivity index (χ1) is 15.4. The van der Waals surface area contributed by atoms with Gasteiger partial charge in [-0.1, -0.05) is 45.0 Å². The molecule has 0 aliphatic carbocycles. The quantitative estimate of drug-likeness (QED) is 0.487. The van der Waals surface area contributed by atoms with Crippen LogP contribution in [0.3, 0.4) is 0 Å². The Morgan fingerprint density at radius 1 is 1.09 bits per heavy atom. The van der Waals surface area contributed by atoms with Crippen LogP contribution in [-0.2, 0) is 16.8 Å². The van der Waals surface area contributed by atoms with Crippen molar-refractivity contribution in [2.45, 2.75) is 38.8 Å². The maximum Gasteiger partial charge on any atom is 0.251 e. The monoisotopic (exact) mass is 426 g/mol. The van der Waals surface area contributed by atoms with Crippen molar-refractivity contribution in [1.29, 1.82) is 0 Å². The number of fused-ring (bicyclic) bond motifs is 2. The topological polar surface area (TPSA) is 79.9 Å². The van der Waals surface area contributed by atoms with Gasteiger partial charge in [0.1, 0.15) is 12.0 Å². The lowest BCUT2D eigenvalue weighted by atomic mass is 9.86. The van der Waals surface area contributed by atoms with Crippen LogP contribution >= 0.6 is 0 Å². The summed E-state index contributed by atoms with van der Waals surface area (Å²) in [6.07, 6.45) is 3.43. The number of aromatic nitrogens is 3. The highest BCUT2D eigenvalue weighted by molar-refractivity contribution is 5.94. The summed E-state index contributed by atoms with van der Waals surface area (Å²) in [7, 11) is 0. The van der Waals surface area contributed by atoms with Gasteiger partial charge in [0.25, 0.3) is 5.91 Å². The van der Waals surface area contributed by atoms with E-state index in [9.17, 15) is 4.79 Å². The number of amides is 1. The van der Waals surface area contributed by atoms with Crippen LogP contribution in [-0.4, -0.2) is 27.5 Å². The number of carbonyl (C=O) groups excluding carboxylic acids is 1. The lowest BCUT2D eigenvalue weighted by molar-refractivity contribution is 0.0708. The molecule has 1 unspecified atom stereocenters. The van der Waals surface area contributed by atoms with Gasteiger partial charge in [-0.05, 0) is 46.4 Å². The number of rotatable bonds is 3. The Hall–Kier alpha value is -3.51. The summed E-state index contributed by atoms with van der Waals surface area (Å²) >= 11 is 0. The van der Waals surface area contributed by atoms with Crippen molar-refractivity contribution in [3.63, 3.8) is 0 Å². The van der Waals surface area contributed by atoms with E-state index < -0.39 is 0 Å². The molecule has 1 aliphatic heterocycles. The lowest BCUT2D eigenvalue weighted by Crippen LogP contribution is -2.34. The molecule has 32 heavy (non-hydrogen) atoms. The summed E-state index contributed by atoms with van der Waals surface area (Å²) in [5.41, 5.74) is 6.74. The molecular weight excluding hydrogens is 400 g/mol. The molecule has 1 atom stereocenters. The number of nitrogens with zero attached hydrogens (tertiary/aromatic N) is 2. The molecule has 6 heteroatoms. The Bertz CT molecular complexity index is 1290. The van der Waals surface area contributed by atoms with Crippen molar-refractivity contribution >= 4 is 16.9 Å². The fourth-order valence-corrected chi connectivity index (χ4v) is 4.18. The second-order valence-corrected chi connectivity index (χ2v) is 9.24. The number of carbonyl (C=O) groups is 1. The van der Waals surface area contributed by atoms with Crippen molar-refractivity contribution in [1.82, 2.24) is 20.3 Å². The number of nitrogens with one attached hydrogen (secondary N) is 2. The van der Waals surface area contributed by atoms with E-state index in [1.807, 2.05) is 36.5 Å². The first kappa shape index (κ1) is 20.4. The summed E-state index contributed by atoms with van der Waals surface area (Å²) in [4.78, 5) is 24.8. The SMILES string of the molecule is CC(C)(C)c1ccc(C(=O)NC2COCc3cc(-c4ncnc5[nH]ccc45)ccc32)cc1. The predicted molar refractivity (Wildman–Crippen MR) is 124 cm³/mol. The molecule has 4 aromatic rings. The molecule has 162 valence electrons. The van der Waals surface area contributed by atoms with E-state index in [1.165, 1.54) is 5.56 Å². The Morgan fingerprint density at radius 3 is 2.69 bits per heavy atom. The molecule has 0 fully saturated rings. The van der Waals surface area contributed by atoms with E-state index in [0.717, 1.165) is 33.4 Å². The van der Waals surface area contributed by atoms with Gasteiger partial charge in [-0.2, -0.15) is 0 Å². The van der Waals surface area contributed by atoms with Crippen molar-refractivity contribution in [3.8, 4) is 11.3 Å². The summed E-state index contributed by atoms with van der Waals surface area (Å²) in [5, 5.41) is 4.12. The average Bonchev–Trinajstić information content (AvgIpc) is 3.27. The zero-order valence-electron chi connectivity index (χ0n) is 18.5. The van der Waals surface area contributed by atoms with Gasteiger partial charge >= 0.3 is 0 Å². The normalized spacial score (nSPS) is 16.0. The van der Waals surface area contributed by atoms with Crippen molar-refractivity contribution in [2.75, 3.05) is 6.61 Å². The second-order valence-electron chi connectivity index (χ2n) is 9.24. The third-order valence-corrected chi connectivity index (χ3v) is 6.01. The molecule has 1 aliphatic rings. The van der Waals surface area contributed by atoms with Crippen LogP contribution in [0.2, 0.25) is 0 Å². The largest absolute Gasteiger partial charge is 0.374 e. The average molecular weight is 427 g/mol. The van der Waals surface area contributed by atoms with Gasteiger partial charge in [0.2, 0.25) is 0 Å². The Balaban J connectivity index is 1.39. The smallest absolute Gasteiger partial charge is 0.251 e. The van der Waals surface area contributed by atoms with Crippen LogP contribution < -0.4 is 5.32 Å². The third-order valence-electron chi connectivity index (χ3n) is 6.01. The summed E-state index contributed by atoms with van der Waals surface area (Å²) < 4.78 is 5.82. The van der Waals surface area contributed by atoms with E-state index in [-0.39, 0.29) is 17.4 Å². The van der Waals surface area contributed by atoms with Crippen molar-refractivity contribution in [2.24, 2.45) is 0 Å². The molecule has 0 radical (unpaired) electrons. The maximum atomic E-state index is 12.9. The van der Waals surface area contributed by atoms with Gasteiger partial charge in [-0.15, -0.1) is 0 Å².